The van der Waals surface area contributed by atoms with Crippen LogP contribution in [0, 0.1) is 5.82 Å². The highest BCUT2D eigenvalue weighted by atomic mass is 32.2. The molecule has 0 saturated carbocycles. The van der Waals surface area contributed by atoms with Gasteiger partial charge in [-0.15, -0.1) is 0 Å². The van der Waals surface area contributed by atoms with Gasteiger partial charge in [0.1, 0.15) is 17.1 Å². The van der Waals surface area contributed by atoms with Crippen LogP contribution in [0.25, 0.3) is 17.2 Å². The third-order valence-electron chi connectivity index (χ3n) is 5.73. The molecule has 1 aromatic heterocycles. The van der Waals surface area contributed by atoms with Crippen LogP contribution in [0.2, 0.25) is 0 Å². The summed E-state index contributed by atoms with van der Waals surface area (Å²) in [6.45, 7) is 6.15. The van der Waals surface area contributed by atoms with Gasteiger partial charge in [-0.2, -0.15) is 0 Å². The number of aromatic carboxylic acids is 1. The number of rotatable bonds is 11. The van der Waals surface area contributed by atoms with Gasteiger partial charge in [0.2, 0.25) is 0 Å². The predicted molar refractivity (Wildman–Crippen MR) is 132 cm³/mol. The fourth-order valence-corrected chi connectivity index (χ4v) is 5.46. The molecule has 3 rings (SSSR count). The molecule has 0 aliphatic rings. The Morgan fingerprint density at radius 1 is 1.17 bits per heavy atom. The number of likely N-dealkylation sites (N-methyl/N-ethyl adjacent to an activating group) is 1. The molecule has 0 saturated heterocycles. The highest BCUT2D eigenvalue weighted by molar-refractivity contribution is 7.90. The molecule has 0 radical (unpaired) electrons. The van der Waals surface area contributed by atoms with Gasteiger partial charge in [0.15, 0.2) is 9.84 Å². The van der Waals surface area contributed by atoms with Crippen LogP contribution in [-0.2, 0) is 15.6 Å². The minimum atomic E-state index is -4.12. The number of hydrogen-bond acceptors (Lipinski definition) is 6. The van der Waals surface area contributed by atoms with Gasteiger partial charge in [0.25, 0.3) is 0 Å². The standard InChI is InChI=1S/C26H28FNO6S/c1-4-28(5-2)14-7-8-21-22(27)9-6-10-23(21)35(31,32)17-19-11-12-20(18-13-15-34-16-18)25(33-3)24(19)26(29)30/h6-13,15-16H,4-5,14,17H2,1-3H3,(H,29,30)/b8-7-. The summed E-state index contributed by atoms with van der Waals surface area (Å²) < 4.78 is 52.0. The number of furan rings is 1. The van der Waals surface area contributed by atoms with E-state index < -0.39 is 27.4 Å². The van der Waals surface area contributed by atoms with Crippen molar-refractivity contribution in [3.8, 4) is 16.9 Å². The second kappa shape index (κ2) is 11.3. The smallest absolute Gasteiger partial charge is 0.339 e. The second-order valence-electron chi connectivity index (χ2n) is 7.80. The molecule has 9 heteroatoms. The van der Waals surface area contributed by atoms with Crippen LogP contribution in [0.1, 0.15) is 35.3 Å². The van der Waals surface area contributed by atoms with Gasteiger partial charge in [0.05, 0.1) is 30.3 Å². The van der Waals surface area contributed by atoms with Gasteiger partial charge in [-0.25, -0.2) is 17.6 Å². The lowest BCUT2D eigenvalue weighted by molar-refractivity contribution is 0.0692. The van der Waals surface area contributed by atoms with E-state index in [2.05, 4.69) is 4.90 Å². The average molecular weight is 502 g/mol. The van der Waals surface area contributed by atoms with Gasteiger partial charge in [-0.3, -0.25) is 0 Å². The minimum absolute atomic E-state index is 0.0187. The van der Waals surface area contributed by atoms with Crippen molar-refractivity contribution >= 4 is 21.9 Å². The Morgan fingerprint density at radius 3 is 2.51 bits per heavy atom. The molecule has 0 fully saturated rings. The Morgan fingerprint density at radius 2 is 1.91 bits per heavy atom. The van der Waals surface area contributed by atoms with E-state index in [9.17, 15) is 22.7 Å². The number of carboxylic acid groups (broad SMARTS) is 1. The van der Waals surface area contributed by atoms with E-state index in [4.69, 9.17) is 9.15 Å². The normalized spacial score (nSPS) is 11.9. The number of ether oxygens (including phenoxy) is 1. The van der Waals surface area contributed by atoms with Gasteiger partial charge in [-0.1, -0.05) is 44.2 Å². The lowest BCUT2D eigenvalue weighted by Crippen LogP contribution is -2.22. The van der Waals surface area contributed by atoms with E-state index >= 15 is 0 Å². The fourth-order valence-electron chi connectivity index (χ4n) is 3.87. The van der Waals surface area contributed by atoms with E-state index in [1.165, 1.54) is 50.0 Å². The first-order chi connectivity index (χ1) is 16.7. The van der Waals surface area contributed by atoms with Crippen molar-refractivity contribution in [2.75, 3.05) is 26.7 Å². The number of sulfone groups is 1. The number of halogens is 1. The third-order valence-corrected chi connectivity index (χ3v) is 7.45. The first-order valence-corrected chi connectivity index (χ1v) is 12.7. The van der Waals surface area contributed by atoms with Gasteiger partial charge in [0, 0.05) is 23.2 Å². The van der Waals surface area contributed by atoms with Crippen LogP contribution < -0.4 is 4.74 Å². The zero-order valence-electron chi connectivity index (χ0n) is 19.8. The van der Waals surface area contributed by atoms with Crippen molar-refractivity contribution in [1.29, 1.82) is 0 Å². The first kappa shape index (κ1) is 26.2. The molecule has 3 aromatic rings. The van der Waals surface area contributed by atoms with E-state index in [1.54, 1.807) is 18.2 Å². The van der Waals surface area contributed by atoms with Crippen molar-refractivity contribution in [2.24, 2.45) is 0 Å². The van der Waals surface area contributed by atoms with Crippen LogP contribution in [0.5, 0.6) is 5.75 Å². The molecule has 0 amide bonds. The number of hydrogen-bond donors (Lipinski definition) is 1. The molecule has 0 atom stereocenters. The average Bonchev–Trinajstić information content (AvgIpc) is 3.36. The molecule has 186 valence electrons. The van der Waals surface area contributed by atoms with Crippen LogP contribution in [-0.4, -0.2) is 51.1 Å². The molecule has 0 aliphatic heterocycles. The quantitative estimate of drug-likeness (QED) is 0.389. The maximum Gasteiger partial charge on any atom is 0.339 e. The topological polar surface area (TPSA) is 97.0 Å². The molecule has 2 aromatic carbocycles. The maximum absolute atomic E-state index is 14.7. The highest BCUT2D eigenvalue weighted by Gasteiger charge is 2.27. The van der Waals surface area contributed by atoms with Gasteiger partial charge < -0.3 is 19.2 Å². The highest BCUT2D eigenvalue weighted by Crippen LogP contribution is 2.37. The predicted octanol–water partition coefficient (Wildman–Crippen LogP) is 5.12. The minimum Gasteiger partial charge on any atom is -0.495 e. The molecule has 1 heterocycles. The lowest BCUT2D eigenvalue weighted by atomic mass is 9.99. The summed E-state index contributed by atoms with van der Waals surface area (Å²) in [5.41, 5.74) is 0.738. The number of carboxylic acids is 1. The van der Waals surface area contributed by atoms with Crippen molar-refractivity contribution in [2.45, 2.75) is 24.5 Å². The summed E-state index contributed by atoms with van der Waals surface area (Å²) in [5, 5.41) is 9.91. The number of nitrogens with zero attached hydrogens (tertiary/aromatic N) is 1. The summed E-state index contributed by atoms with van der Waals surface area (Å²) in [6, 6.07) is 8.50. The summed E-state index contributed by atoms with van der Waals surface area (Å²) >= 11 is 0. The van der Waals surface area contributed by atoms with Gasteiger partial charge >= 0.3 is 5.97 Å². The molecule has 1 N–H and O–H groups in total. The Bertz CT molecular complexity index is 1310. The Hall–Kier alpha value is -3.43. The summed E-state index contributed by atoms with van der Waals surface area (Å²) in [4.78, 5) is 14.0. The molecule has 0 unspecified atom stereocenters. The van der Waals surface area contributed by atoms with Crippen LogP contribution in [0.3, 0.4) is 0 Å². The van der Waals surface area contributed by atoms with Crippen molar-refractivity contribution in [1.82, 2.24) is 4.90 Å². The van der Waals surface area contributed by atoms with Crippen molar-refractivity contribution < 1.29 is 31.9 Å². The first-order valence-electron chi connectivity index (χ1n) is 11.1. The Balaban J connectivity index is 2.05. The lowest BCUT2D eigenvalue weighted by Gasteiger charge is -2.16. The third kappa shape index (κ3) is 5.80. The maximum atomic E-state index is 14.7. The summed E-state index contributed by atoms with van der Waals surface area (Å²) in [7, 11) is -2.80. The number of carbonyl (C=O) groups is 1. The zero-order chi connectivity index (χ0) is 25.6. The van der Waals surface area contributed by atoms with Crippen molar-refractivity contribution in [3.05, 3.63) is 77.5 Å². The Kier molecular flexibility index (Phi) is 8.48. The molecular formula is C26H28FNO6S. The SMILES string of the molecule is CCN(CC)C/C=C\c1c(F)cccc1S(=O)(=O)Cc1ccc(-c2ccoc2)c(OC)c1C(=O)O. The molecule has 0 spiro atoms. The summed E-state index contributed by atoms with van der Waals surface area (Å²) in [6.07, 6.45) is 6.05. The van der Waals surface area contributed by atoms with E-state index in [-0.39, 0.29) is 27.3 Å². The Labute approximate surface area is 204 Å². The van der Waals surface area contributed by atoms with E-state index in [0.29, 0.717) is 17.7 Å². The molecule has 0 bridgehead atoms. The van der Waals surface area contributed by atoms with Crippen molar-refractivity contribution in [3.63, 3.8) is 0 Å². The van der Waals surface area contributed by atoms with E-state index in [0.717, 1.165) is 13.1 Å². The van der Waals surface area contributed by atoms with Crippen LogP contribution >= 0.6 is 0 Å². The number of benzene rings is 2. The molecule has 7 nitrogen and oxygen atoms in total. The summed E-state index contributed by atoms with van der Waals surface area (Å²) in [5.74, 6) is -2.63. The van der Waals surface area contributed by atoms with E-state index in [1.807, 2.05) is 13.8 Å². The van der Waals surface area contributed by atoms with Crippen LogP contribution in [0.4, 0.5) is 4.39 Å². The number of methoxy groups -OCH3 is 1. The van der Waals surface area contributed by atoms with Gasteiger partial charge in [-0.05, 0) is 36.9 Å². The monoisotopic (exact) mass is 501 g/mol. The largest absolute Gasteiger partial charge is 0.495 e. The molecule has 0 aliphatic carbocycles. The zero-order valence-corrected chi connectivity index (χ0v) is 20.6. The fraction of sp³-hybridized carbons (Fsp3) is 0.269. The second-order valence-corrected chi connectivity index (χ2v) is 9.75. The van der Waals surface area contributed by atoms with Crippen LogP contribution in [0.15, 0.2) is 64.3 Å². The molecule has 35 heavy (non-hydrogen) atoms. The molecular weight excluding hydrogens is 473 g/mol.